The zero-order valence-corrected chi connectivity index (χ0v) is 8.85. The zero-order valence-electron chi connectivity index (χ0n) is 6.48. The van der Waals surface area contributed by atoms with E-state index in [-0.39, 0.29) is 0 Å². The number of nitrogens with zero attached hydrogens (tertiary/aromatic N) is 3. The van der Waals surface area contributed by atoms with Crippen molar-refractivity contribution < 1.29 is 21.1 Å². The van der Waals surface area contributed by atoms with Crippen LogP contribution in [0.3, 0.4) is 0 Å². The number of hydrogen-bond donors (Lipinski definition) is 1. The van der Waals surface area contributed by atoms with E-state index in [1.54, 1.807) is 0 Å². The fraction of sp³-hybridized carbons (Fsp3) is 0.125. The second-order valence-corrected chi connectivity index (χ2v) is 4.09. The van der Waals surface area contributed by atoms with Crippen molar-refractivity contribution in [1.82, 2.24) is 0 Å². The van der Waals surface area contributed by atoms with Crippen LogP contribution in [0.4, 0.5) is 0 Å². The third-order valence-corrected chi connectivity index (χ3v) is 2.69. The number of benzene rings is 1. The molecular weight excluding hydrogens is 278 g/mol. The summed E-state index contributed by atoms with van der Waals surface area (Å²) in [5.41, 5.74) is 0.927. The van der Waals surface area contributed by atoms with Crippen molar-refractivity contribution in [2.45, 2.75) is 8.78 Å². The van der Waals surface area contributed by atoms with Crippen molar-refractivity contribution in [3.63, 3.8) is 0 Å². The first kappa shape index (κ1) is 9.15. The van der Waals surface area contributed by atoms with E-state index in [0.717, 1.165) is 10.5 Å². The molecule has 0 radical (unpaired) electrons. The second kappa shape index (κ2) is 3.38. The second-order valence-electron chi connectivity index (χ2n) is 2.54. The Bertz CT molecular complexity index is 377. The quantitative estimate of drug-likeness (QED) is 0.606. The standard InChI is InChI=1S/C8H6N3S.Ag/c12-7-3-1-2-6(4-7)8-9-5-10-11-8;/h1-5,12H;. The molecule has 0 saturated carbocycles. The van der Waals surface area contributed by atoms with Crippen LogP contribution in [0.1, 0.15) is 5.56 Å². The Morgan fingerprint density at radius 3 is 2.85 bits per heavy atom. The predicted octanol–water partition coefficient (Wildman–Crippen LogP) is 2.13. The Morgan fingerprint density at radius 1 is 1.38 bits per heavy atom. The molecule has 0 fully saturated rings. The van der Waals surface area contributed by atoms with Crippen molar-refractivity contribution >= 4 is 19.0 Å². The number of thiol groups is 1. The topological polar surface area (TPSA) is 37.1 Å². The van der Waals surface area contributed by atoms with E-state index in [2.05, 4.69) is 48.9 Å². The Hall–Kier alpha value is -0.420. The zero-order chi connectivity index (χ0) is 9.31. The molecule has 1 atom stereocenters. The van der Waals surface area contributed by atoms with Crippen LogP contribution in [0.15, 0.2) is 44.4 Å². The number of hydrogen-bond acceptors (Lipinski definition) is 4. The monoisotopic (exact) mass is 283 g/mol. The van der Waals surface area contributed by atoms with Gasteiger partial charge in [0, 0.05) is 0 Å². The van der Waals surface area contributed by atoms with Crippen molar-refractivity contribution in [3.05, 3.63) is 29.8 Å². The number of rotatable bonds is 1. The van der Waals surface area contributed by atoms with E-state index in [0.29, 0.717) is 0 Å². The first-order valence-corrected chi connectivity index (χ1v) is 4.80. The summed E-state index contributed by atoms with van der Waals surface area (Å²) in [4.78, 5) is 4.98. The first-order valence-electron chi connectivity index (χ1n) is 3.61. The van der Waals surface area contributed by atoms with Gasteiger partial charge in [-0.3, -0.25) is 0 Å². The number of azo groups is 1. The van der Waals surface area contributed by atoms with E-state index in [1.165, 1.54) is 6.34 Å². The molecule has 0 bridgehead atoms. The van der Waals surface area contributed by atoms with Crippen LogP contribution in [-0.4, -0.2) is 6.34 Å². The molecule has 0 N–H and O–H groups in total. The van der Waals surface area contributed by atoms with Gasteiger partial charge in [-0.1, -0.05) is 0 Å². The number of aliphatic imine (C=N–C) groups is 1. The van der Waals surface area contributed by atoms with Crippen LogP contribution >= 0.6 is 12.6 Å². The van der Waals surface area contributed by atoms with Gasteiger partial charge < -0.3 is 0 Å². The summed E-state index contributed by atoms with van der Waals surface area (Å²) in [6, 6.07) is 7.64. The van der Waals surface area contributed by atoms with Gasteiger partial charge >= 0.3 is 93.9 Å². The van der Waals surface area contributed by atoms with Crippen molar-refractivity contribution in [1.29, 1.82) is 0 Å². The minimum atomic E-state index is -0.733. The Balaban J connectivity index is 2.46. The molecule has 1 unspecified atom stereocenters. The molecule has 3 nitrogen and oxygen atoms in total. The third-order valence-electron chi connectivity index (χ3n) is 1.64. The Labute approximate surface area is 93.7 Å². The summed E-state index contributed by atoms with van der Waals surface area (Å²) >= 11 is 7.65. The summed E-state index contributed by atoms with van der Waals surface area (Å²) < 4.78 is -0.733. The van der Waals surface area contributed by atoms with E-state index in [4.69, 9.17) is 0 Å². The van der Waals surface area contributed by atoms with Gasteiger partial charge in [0.1, 0.15) is 0 Å². The van der Waals surface area contributed by atoms with E-state index in [9.17, 15) is 0 Å². The van der Waals surface area contributed by atoms with Gasteiger partial charge in [-0.2, -0.15) is 0 Å². The van der Waals surface area contributed by atoms with Crippen LogP contribution < -0.4 is 0 Å². The molecule has 2 rings (SSSR count). The van der Waals surface area contributed by atoms with Gasteiger partial charge in [-0.05, 0) is 0 Å². The normalized spacial score (nSPS) is 25.5. The molecule has 1 aliphatic heterocycles. The fourth-order valence-corrected chi connectivity index (χ4v) is 1.67. The Kier molecular flexibility index (Phi) is 2.38. The maximum absolute atomic E-state index is 4.24. The summed E-state index contributed by atoms with van der Waals surface area (Å²) in [6.45, 7) is 0. The van der Waals surface area contributed by atoms with E-state index < -0.39 is 3.88 Å². The molecule has 1 aromatic carbocycles. The van der Waals surface area contributed by atoms with Gasteiger partial charge in [0.15, 0.2) is 0 Å². The van der Waals surface area contributed by atoms with Gasteiger partial charge in [0.25, 0.3) is 0 Å². The molecule has 13 heavy (non-hydrogen) atoms. The fourth-order valence-electron chi connectivity index (χ4n) is 1.05. The van der Waals surface area contributed by atoms with Crippen LogP contribution in [-0.2, 0) is 24.9 Å². The van der Waals surface area contributed by atoms with Crippen molar-refractivity contribution in [2.75, 3.05) is 0 Å². The summed E-state index contributed by atoms with van der Waals surface area (Å²) in [5, 5.41) is 7.67. The summed E-state index contributed by atoms with van der Waals surface area (Å²) in [5.74, 6) is 0. The third kappa shape index (κ3) is 1.76. The van der Waals surface area contributed by atoms with Crippen LogP contribution in [0.25, 0.3) is 0 Å². The molecule has 0 aliphatic carbocycles. The Morgan fingerprint density at radius 2 is 2.23 bits per heavy atom. The molecule has 0 amide bonds. The van der Waals surface area contributed by atoms with Crippen LogP contribution in [0.2, 0.25) is 0 Å². The van der Waals surface area contributed by atoms with Crippen LogP contribution in [0.5, 0.6) is 0 Å². The molecule has 0 saturated heterocycles. The van der Waals surface area contributed by atoms with Gasteiger partial charge in [0.05, 0.1) is 0 Å². The molecule has 5 heteroatoms. The van der Waals surface area contributed by atoms with Gasteiger partial charge in [-0.15, -0.1) is 0 Å². The van der Waals surface area contributed by atoms with Gasteiger partial charge in [-0.25, -0.2) is 0 Å². The van der Waals surface area contributed by atoms with Crippen molar-refractivity contribution in [3.8, 4) is 0 Å². The van der Waals surface area contributed by atoms with Crippen LogP contribution in [0, 0.1) is 0 Å². The molecule has 1 aliphatic rings. The van der Waals surface area contributed by atoms with Crippen molar-refractivity contribution in [2.24, 2.45) is 15.2 Å². The average molecular weight is 284 g/mol. The molecular formula is C8H6AgN3S. The van der Waals surface area contributed by atoms with E-state index in [1.807, 2.05) is 24.3 Å². The summed E-state index contributed by atoms with van der Waals surface area (Å²) in [7, 11) is 0. The van der Waals surface area contributed by atoms with E-state index >= 15 is 0 Å². The van der Waals surface area contributed by atoms with Gasteiger partial charge in [0.2, 0.25) is 0 Å². The minimum absolute atomic E-state index is 0.733. The molecule has 1 aromatic rings. The molecule has 70 valence electrons. The average Bonchev–Trinajstić information content (AvgIpc) is 2.54. The maximum atomic E-state index is 4.24. The predicted molar refractivity (Wildman–Crippen MR) is 48.7 cm³/mol. The molecule has 0 spiro atoms. The molecule has 0 aromatic heterocycles. The molecule has 1 heterocycles. The first-order chi connectivity index (χ1) is 6.21. The summed E-state index contributed by atoms with van der Waals surface area (Å²) in [6.07, 6.45) is 1.43. The SMILES string of the molecule is Sc1cccc([C]2([Ag])N=CN=N2)c1.